The molecule has 0 saturated carbocycles. The van der Waals surface area contributed by atoms with Crippen molar-refractivity contribution in [2.75, 3.05) is 5.32 Å². The van der Waals surface area contributed by atoms with Crippen LogP contribution in [-0.2, 0) is 4.79 Å². The predicted octanol–water partition coefficient (Wildman–Crippen LogP) is 2.67. The Morgan fingerprint density at radius 3 is 2.71 bits per heavy atom. The summed E-state index contributed by atoms with van der Waals surface area (Å²) < 4.78 is 18.4. The zero-order chi connectivity index (χ0) is 15.4. The molecular weight excluding hydrogens is 279 g/mol. The van der Waals surface area contributed by atoms with Gasteiger partial charge in [-0.2, -0.15) is 0 Å². The summed E-state index contributed by atoms with van der Waals surface area (Å²) in [7, 11) is 0. The van der Waals surface area contributed by atoms with Gasteiger partial charge in [0.15, 0.2) is 5.75 Å². The predicted molar refractivity (Wildman–Crippen MR) is 72.0 cm³/mol. The second-order valence-corrected chi connectivity index (χ2v) is 4.09. The van der Waals surface area contributed by atoms with Crippen molar-refractivity contribution in [3.05, 3.63) is 47.9 Å². The van der Waals surface area contributed by atoms with Gasteiger partial charge in [0.2, 0.25) is 11.8 Å². The van der Waals surface area contributed by atoms with Crippen LogP contribution in [-0.4, -0.2) is 22.0 Å². The van der Waals surface area contributed by atoms with Crippen LogP contribution in [0.25, 0.3) is 0 Å². The first-order valence-electron chi connectivity index (χ1n) is 5.90. The molecule has 0 radical (unpaired) electrons. The van der Waals surface area contributed by atoms with Crippen LogP contribution in [0.1, 0.15) is 17.3 Å². The van der Waals surface area contributed by atoms with Gasteiger partial charge in [-0.05, 0) is 18.2 Å². The molecule has 7 heteroatoms. The van der Waals surface area contributed by atoms with Crippen LogP contribution in [0.2, 0.25) is 0 Å². The number of benzene rings is 1. The number of carbonyl (C=O) groups is 2. The Morgan fingerprint density at radius 1 is 1.33 bits per heavy atom. The fourth-order valence-electron chi connectivity index (χ4n) is 1.61. The van der Waals surface area contributed by atoms with E-state index >= 15 is 0 Å². The molecule has 0 fully saturated rings. The van der Waals surface area contributed by atoms with Crippen LogP contribution in [0.15, 0.2) is 36.5 Å². The number of hydrogen-bond donors (Lipinski definition) is 2. The summed E-state index contributed by atoms with van der Waals surface area (Å²) in [4.78, 5) is 25.8. The number of ether oxygens (including phenoxy) is 1. The normalized spacial score (nSPS) is 10.0. The average molecular weight is 290 g/mol. The van der Waals surface area contributed by atoms with Crippen LogP contribution in [0.5, 0.6) is 11.6 Å². The number of aromatic carboxylic acids is 1. The lowest BCUT2D eigenvalue weighted by molar-refractivity contribution is -0.114. The summed E-state index contributed by atoms with van der Waals surface area (Å²) in [5, 5.41) is 11.6. The smallest absolute Gasteiger partial charge is 0.341 e. The molecule has 0 saturated heterocycles. The maximum atomic E-state index is 13.1. The molecule has 0 unspecified atom stereocenters. The van der Waals surface area contributed by atoms with Gasteiger partial charge in [0.05, 0.1) is 11.9 Å². The average Bonchev–Trinajstić information content (AvgIpc) is 2.42. The first-order chi connectivity index (χ1) is 9.97. The van der Waals surface area contributed by atoms with E-state index in [-0.39, 0.29) is 17.5 Å². The van der Waals surface area contributed by atoms with Crippen molar-refractivity contribution in [2.45, 2.75) is 6.92 Å². The molecule has 0 aliphatic carbocycles. The maximum absolute atomic E-state index is 13.1. The van der Waals surface area contributed by atoms with E-state index in [1.165, 1.54) is 13.0 Å². The summed E-state index contributed by atoms with van der Waals surface area (Å²) in [6.45, 7) is 1.33. The molecule has 0 aliphatic heterocycles. The van der Waals surface area contributed by atoms with Gasteiger partial charge in [-0.25, -0.2) is 14.2 Å². The number of anilines is 1. The zero-order valence-electron chi connectivity index (χ0n) is 11.0. The number of carboxylic acids is 1. The number of carboxylic acid groups (broad SMARTS) is 1. The van der Waals surface area contributed by atoms with E-state index in [9.17, 15) is 14.0 Å². The molecule has 1 aromatic heterocycles. The number of nitrogens with one attached hydrogen (secondary N) is 1. The molecule has 0 atom stereocenters. The molecular formula is C14H11FN2O4. The standard InChI is InChI=1S/C14H11FN2O4/c1-8(18)17-11-4-2-3-5-12(11)21-13-10(14(19)20)6-9(15)7-16-13/h2-7H,1H3,(H,17,18)(H,19,20). The number of para-hydroxylation sites is 2. The molecule has 1 aromatic carbocycles. The van der Waals surface area contributed by atoms with Crippen molar-refractivity contribution >= 4 is 17.6 Å². The van der Waals surface area contributed by atoms with Crippen molar-refractivity contribution in [1.29, 1.82) is 0 Å². The minimum absolute atomic E-state index is 0.203. The number of hydrogen-bond acceptors (Lipinski definition) is 4. The molecule has 6 nitrogen and oxygen atoms in total. The Bertz CT molecular complexity index is 703. The number of carbonyl (C=O) groups excluding carboxylic acids is 1. The number of amides is 1. The third-order valence-electron chi connectivity index (χ3n) is 2.45. The highest BCUT2D eigenvalue weighted by atomic mass is 19.1. The fourth-order valence-corrected chi connectivity index (χ4v) is 1.61. The number of pyridine rings is 1. The summed E-state index contributed by atoms with van der Waals surface area (Å²) >= 11 is 0. The Morgan fingerprint density at radius 2 is 2.05 bits per heavy atom. The van der Waals surface area contributed by atoms with Crippen molar-refractivity contribution in [2.24, 2.45) is 0 Å². The molecule has 1 amide bonds. The molecule has 108 valence electrons. The number of halogens is 1. The van der Waals surface area contributed by atoms with Crippen molar-refractivity contribution < 1.29 is 23.8 Å². The third-order valence-corrected chi connectivity index (χ3v) is 2.45. The molecule has 21 heavy (non-hydrogen) atoms. The minimum atomic E-state index is -1.37. The summed E-state index contributed by atoms with van der Waals surface area (Å²) in [5.41, 5.74) is -0.0555. The van der Waals surface area contributed by atoms with Crippen molar-refractivity contribution in [3.8, 4) is 11.6 Å². The van der Waals surface area contributed by atoms with Gasteiger partial charge in [0.25, 0.3) is 0 Å². The van der Waals surface area contributed by atoms with Gasteiger partial charge in [0.1, 0.15) is 11.4 Å². The molecule has 0 bridgehead atoms. The van der Waals surface area contributed by atoms with Crippen LogP contribution >= 0.6 is 0 Å². The van der Waals surface area contributed by atoms with Crippen molar-refractivity contribution in [1.82, 2.24) is 4.98 Å². The van der Waals surface area contributed by atoms with Crippen molar-refractivity contribution in [3.63, 3.8) is 0 Å². The highest BCUT2D eigenvalue weighted by molar-refractivity contribution is 5.91. The Balaban J connectivity index is 2.39. The van der Waals surface area contributed by atoms with E-state index in [0.29, 0.717) is 5.69 Å². The van der Waals surface area contributed by atoms with Gasteiger partial charge >= 0.3 is 5.97 Å². The number of rotatable bonds is 4. The highest BCUT2D eigenvalue weighted by Gasteiger charge is 2.16. The Labute approximate surface area is 119 Å². The first-order valence-corrected chi connectivity index (χ1v) is 5.90. The first kappa shape index (κ1) is 14.4. The van der Waals surface area contributed by atoms with Gasteiger partial charge in [0, 0.05) is 6.92 Å². The topological polar surface area (TPSA) is 88.5 Å². The Hall–Kier alpha value is -2.96. The summed E-state index contributed by atoms with van der Waals surface area (Å²) in [5.74, 6) is -2.52. The molecule has 0 aliphatic rings. The van der Waals surface area contributed by atoms with E-state index in [1.54, 1.807) is 18.2 Å². The number of nitrogens with zero attached hydrogens (tertiary/aromatic N) is 1. The molecule has 0 spiro atoms. The summed E-state index contributed by atoms with van der Waals surface area (Å²) in [6, 6.07) is 7.24. The van der Waals surface area contributed by atoms with Gasteiger partial charge in [-0.1, -0.05) is 12.1 Å². The van der Waals surface area contributed by atoms with Gasteiger partial charge in [-0.15, -0.1) is 0 Å². The van der Waals surface area contributed by atoms with E-state index < -0.39 is 17.3 Å². The van der Waals surface area contributed by atoms with Crippen LogP contribution in [0.3, 0.4) is 0 Å². The monoisotopic (exact) mass is 290 g/mol. The summed E-state index contributed by atoms with van der Waals surface area (Å²) in [6.07, 6.45) is 0.850. The fraction of sp³-hybridized carbons (Fsp3) is 0.0714. The SMILES string of the molecule is CC(=O)Nc1ccccc1Oc1ncc(F)cc1C(=O)O. The van der Waals surface area contributed by atoms with Crippen LogP contribution < -0.4 is 10.1 Å². The molecule has 2 aromatic rings. The van der Waals surface area contributed by atoms with Gasteiger partial charge < -0.3 is 15.2 Å². The van der Waals surface area contributed by atoms with E-state index in [1.807, 2.05) is 0 Å². The maximum Gasteiger partial charge on any atom is 0.341 e. The molecule has 2 rings (SSSR count). The van der Waals surface area contributed by atoms with Crippen LogP contribution in [0, 0.1) is 5.82 Å². The van der Waals surface area contributed by atoms with E-state index in [0.717, 1.165) is 12.3 Å². The lowest BCUT2D eigenvalue weighted by Crippen LogP contribution is -2.08. The van der Waals surface area contributed by atoms with Crippen LogP contribution in [0.4, 0.5) is 10.1 Å². The quantitative estimate of drug-likeness (QED) is 0.903. The second kappa shape index (κ2) is 6.00. The molecule has 2 N–H and O–H groups in total. The van der Waals surface area contributed by atoms with E-state index in [4.69, 9.17) is 9.84 Å². The third kappa shape index (κ3) is 3.53. The number of aromatic nitrogens is 1. The Kier molecular flexibility index (Phi) is 4.13. The lowest BCUT2D eigenvalue weighted by atomic mass is 10.2. The van der Waals surface area contributed by atoms with Gasteiger partial charge in [-0.3, -0.25) is 4.79 Å². The lowest BCUT2D eigenvalue weighted by Gasteiger charge is -2.11. The minimum Gasteiger partial charge on any atom is -0.477 e. The van der Waals surface area contributed by atoms with E-state index in [2.05, 4.69) is 10.3 Å². The zero-order valence-corrected chi connectivity index (χ0v) is 11.0. The molecule has 1 heterocycles. The second-order valence-electron chi connectivity index (χ2n) is 4.09. The highest BCUT2D eigenvalue weighted by Crippen LogP contribution is 2.30. The largest absolute Gasteiger partial charge is 0.477 e.